The SMILES string of the molecule is COc1cccc(N2CCN(c3ccc4nnc(CCC(=O)Nc5cccc(C)n5)n4n3)CC2)c1. The normalized spacial score (nSPS) is 13.8. The topological polar surface area (TPSA) is 101 Å². The van der Waals surface area contributed by atoms with E-state index in [9.17, 15) is 4.79 Å². The van der Waals surface area contributed by atoms with E-state index in [-0.39, 0.29) is 12.3 Å². The number of nitrogens with zero attached hydrogens (tertiary/aromatic N) is 7. The third-order valence-corrected chi connectivity index (χ3v) is 6.07. The van der Waals surface area contributed by atoms with Crippen LogP contribution in [-0.4, -0.2) is 64.0 Å². The summed E-state index contributed by atoms with van der Waals surface area (Å²) in [7, 11) is 1.69. The lowest BCUT2D eigenvalue weighted by molar-refractivity contribution is -0.116. The number of fused-ring (bicyclic) bond motifs is 1. The van der Waals surface area contributed by atoms with E-state index >= 15 is 0 Å². The van der Waals surface area contributed by atoms with Crippen molar-refractivity contribution in [3.8, 4) is 5.75 Å². The minimum atomic E-state index is -0.121. The largest absolute Gasteiger partial charge is 0.497 e. The zero-order valence-corrected chi connectivity index (χ0v) is 19.9. The molecule has 0 radical (unpaired) electrons. The van der Waals surface area contributed by atoms with Crippen LogP contribution >= 0.6 is 0 Å². The second-order valence-electron chi connectivity index (χ2n) is 8.47. The van der Waals surface area contributed by atoms with Crippen LogP contribution in [0, 0.1) is 6.92 Å². The van der Waals surface area contributed by atoms with Crippen molar-refractivity contribution in [3.63, 3.8) is 0 Å². The van der Waals surface area contributed by atoms with Gasteiger partial charge in [-0.3, -0.25) is 4.79 Å². The van der Waals surface area contributed by atoms with Gasteiger partial charge in [0.05, 0.1) is 7.11 Å². The molecule has 1 amide bonds. The molecular formula is C25H28N8O2. The number of hydrogen-bond acceptors (Lipinski definition) is 8. The number of pyridine rings is 1. The highest BCUT2D eigenvalue weighted by Crippen LogP contribution is 2.23. The maximum atomic E-state index is 12.4. The van der Waals surface area contributed by atoms with Crippen LogP contribution in [0.5, 0.6) is 5.75 Å². The summed E-state index contributed by atoms with van der Waals surface area (Å²) >= 11 is 0. The van der Waals surface area contributed by atoms with Gasteiger partial charge in [-0.1, -0.05) is 12.1 Å². The van der Waals surface area contributed by atoms with Gasteiger partial charge in [-0.15, -0.1) is 15.3 Å². The van der Waals surface area contributed by atoms with E-state index in [0.717, 1.165) is 49.1 Å². The molecule has 1 aliphatic rings. The third-order valence-electron chi connectivity index (χ3n) is 6.07. The molecule has 10 nitrogen and oxygen atoms in total. The second-order valence-corrected chi connectivity index (χ2v) is 8.47. The van der Waals surface area contributed by atoms with Gasteiger partial charge in [0.25, 0.3) is 0 Å². The molecule has 35 heavy (non-hydrogen) atoms. The minimum absolute atomic E-state index is 0.121. The van der Waals surface area contributed by atoms with Gasteiger partial charge >= 0.3 is 0 Å². The van der Waals surface area contributed by atoms with Gasteiger partial charge < -0.3 is 19.9 Å². The van der Waals surface area contributed by atoms with E-state index < -0.39 is 0 Å². The lowest BCUT2D eigenvalue weighted by atomic mass is 10.2. The van der Waals surface area contributed by atoms with Crippen LogP contribution in [0.25, 0.3) is 5.65 Å². The van der Waals surface area contributed by atoms with Crippen LogP contribution in [0.3, 0.4) is 0 Å². The molecule has 1 fully saturated rings. The molecule has 3 aromatic heterocycles. The highest BCUT2D eigenvalue weighted by Gasteiger charge is 2.20. The van der Waals surface area contributed by atoms with E-state index in [0.29, 0.717) is 23.7 Å². The number of anilines is 3. The molecule has 0 atom stereocenters. The molecule has 0 aliphatic carbocycles. The molecule has 5 rings (SSSR count). The van der Waals surface area contributed by atoms with Crippen molar-refractivity contribution in [1.29, 1.82) is 0 Å². The van der Waals surface area contributed by atoms with Crippen molar-refractivity contribution in [3.05, 3.63) is 66.1 Å². The number of rotatable bonds is 7. The second kappa shape index (κ2) is 9.96. The van der Waals surface area contributed by atoms with E-state index in [2.05, 4.69) is 42.4 Å². The highest BCUT2D eigenvalue weighted by atomic mass is 16.5. The van der Waals surface area contributed by atoms with Gasteiger partial charge in [-0.2, -0.15) is 4.52 Å². The third kappa shape index (κ3) is 5.16. The molecular weight excluding hydrogens is 444 g/mol. The molecule has 1 aliphatic heterocycles. The summed E-state index contributed by atoms with van der Waals surface area (Å²) in [6.45, 7) is 5.35. The van der Waals surface area contributed by atoms with Crippen molar-refractivity contribution in [2.45, 2.75) is 19.8 Å². The summed E-state index contributed by atoms with van der Waals surface area (Å²) in [5.74, 6) is 2.82. The zero-order valence-electron chi connectivity index (χ0n) is 19.9. The van der Waals surface area contributed by atoms with Crippen LogP contribution in [0.2, 0.25) is 0 Å². The summed E-state index contributed by atoms with van der Waals surface area (Å²) < 4.78 is 7.10. The van der Waals surface area contributed by atoms with Gasteiger partial charge in [0.1, 0.15) is 17.4 Å². The average molecular weight is 473 g/mol. The number of ether oxygens (including phenoxy) is 1. The number of carbonyl (C=O) groups excluding carboxylic acids is 1. The highest BCUT2D eigenvalue weighted by molar-refractivity contribution is 5.89. The van der Waals surface area contributed by atoms with E-state index in [1.54, 1.807) is 17.7 Å². The fourth-order valence-corrected chi connectivity index (χ4v) is 4.19. The molecule has 0 spiro atoms. The van der Waals surface area contributed by atoms with Crippen LogP contribution in [0.4, 0.5) is 17.3 Å². The fraction of sp³-hybridized carbons (Fsp3) is 0.320. The van der Waals surface area contributed by atoms with Crippen LogP contribution in [0.1, 0.15) is 17.9 Å². The number of benzene rings is 1. The average Bonchev–Trinajstić information content (AvgIpc) is 3.30. The summed E-state index contributed by atoms with van der Waals surface area (Å²) in [5.41, 5.74) is 2.68. The van der Waals surface area contributed by atoms with Crippen molar-refractivity contribution in [2.24, 2.45) is 0 Å². The number of carbonyl (C=O) groups is 1. The predicted octanol–water partition coefficient (Wildman–Crippen LogP) is 2.73. The Kier molecular flexibility index (Phi) is 6.42. The number of aromatic nitrogens is 5. The van der Waals surface area contributed by atoms with E-state index in [4.69, 9.17) is 9.84 Å². The number of amides is 1. The zero-order chi connectivity index (χ0) is 24.2. The standard InChI is InChI=1S/C25H28N8O2/c1-18-5-3-8-21(26-18)27-25(34)12-11-23-29-28-22-9-10-24(30-33(22)23)32-15-13-31(14-16-32)19-6-4-7-20(17-19)35-2/h3-10,17H,11-16H2,1-2H3,(H,26,27,34). The molecule has 10 heteroatoms. The molecule has 0 unspecified atom stereocenters. The van der Waals surface area contributed by atoms with Gasteiger partial charge in [0.2, 0.25) is 5.91 Å². The number of nitrogens with one attached hydrogen (secondary N) is 1. The first-order valence-corrected chi connectivity index (χ1v) is 11.7. The molecule has 1 saturated heterocycles. The lowest BCUT2D eigenvalue weighted by Crippen LogP contribution is -2.47. The fourth-order valence-electron chi connectivity index (χ4n) is 4.19. The van der Waals surface area contributed by atoms with Gasteiger partial charge in [0.15, 0.2) is 11.5 Å². The smallest absolute Gasteiger partial charge is 0.225 e. The lowest BCUT2D eigenvalue weighted by Gasteiger charge is -2.36. The Hall–Kier alpha value is -4.21. The molecule has 1 aromatic carbocycles. The first kappa shape index (κ1) is 22.6. The van der Waals surface area contributed by atoms with Gasteiger partial charge in [0, 0.05) is 56.5 Å². The Balaban J connectivity index is 1.22. The summed E-state index contributed by atoms with van der Waals surface area (Å²) in [6.07, 6.45) is 0.695. The number of methoxy groups -OCH3 is 1. The minimum Gasteiger partial charge on any atom is -0.497 e. The van der Waals surface area contributed by atoms with Crippen molar-refractivity contribution >= 4 is 28.9 Å². The number of hydrogen-bond donors (Lipinski definition) is 1. The summed E-state index contributed by atoms with van der Waals surface area (Å²) in [6, 6.07) is 17.6. The molecule has 4 aromatic rings. The van der Waals surface area contributed by atoms with Gasteiger partial charge in [-0.05, 0) is 43.3 Å². The maximum absolute atomic E-state index is 12.4. The molecule has 1 N–H and O–H groups in total. The first-order valence-electron chi connectivity index (χ1n) is 11.7. The Bertz CT molecular complexity index is 1330. The Morgan fingerprint density at radius 1 is 1.00 bits per heavy atom. The van der Waals surface area contributed by atoms with Crippen LogP contribution in [-0.2, 0) is 11.2 Å². The van der Waals surface area contributed by atoms with Crippen molar-refractivity contribution < 1.29 is 9.53 Å². The van der Waals surface area contributed by atoms with Crippen LogP contribution in [0.15, 0.2) is 54.6 Å². The summed E-state index contributed by atoms with van der Waals surface area (Å²) in [4.78, 5) is 21.3. The Morgan fingerprint density at radius 2 is 1.80 bits per heavy atom. The quantitative estimate of drug-likeness (QED) is 0.438. The Morgan fingerprint density at radius 3 is 2.60 bits per heavy atom. The summed E-state index contributed by atoms with van der Waals surface area (Å²) in [5, 5.41) is 16.1. The van der Waals surface area contributed by atoms with E-state index in [1.807, 2.05) is 43.3 Å². The molecule has 0 bridgehead atoms. The predicted molar refractivity (Wildman–Crippen MR) is 134 cm³/mol. The Labute approximate surface area is 203 Å². The number of piperazine rings is 1. The molecule has 0 saturated carbocycles. The van der Waals surface area contributed by atoms with Crippen LogP contribution < -0.4 is 19.9 Å². The first-order chi connectivity index (χ1) is 17.1. The molecule has 4 heterocycles. The number of aryl methyl sites for hydroxylation is 2. The monoisotopic (exact) mass is 472 g/mol. The van der Waals surface area contributed by atoms with Crippen molar-refractivity contribution in [1.82, 2.24) is 24.8 Å². The molecule has 180 valence electrons. The van der Waals surface area contributed by atoms with Gasteiger partial charge in [-0.25, -0.2) is 4.98 Å². The van der Waals surface area contributed by atoms with E-state index in [1.165, 1.54) is 0 Å². The maximum Gasteiger partial charge on any atom is 0.225 e. The van der Waals surface area contributed by atoms with Crippen molar-refractivity contribution in [2.75, 3.05) is 48.4 Å².